The van der Waals surface area contributed by atoms with E-state index in [0.717, 1.165) is 117 Å². The van der Waals surface area contributed by atoms with Crippen LogP contribution in [0.5, 0.6) is 0 Å². The number of likely N-dealkylation sites (N-methyl/N-ethyl adjacent to an activating group) is 1. The summed E-state index contributed by atoms with van der Waals surface area (Å²) in [6, 6.07) is -0.275. The highest BCUT2D eigenvalue weighted by Crippen LogP contribution is 2.31. The lowest BCUT2D eigenvalue weighted by Crippen LogP contribution is -2.49. The van der Waals surface area contributed by atoms with E-state index in [2.05, 4.69) is 66.2 Å². The van der Waals surface area contributed by atoms with E-state index >= 15 is 0 Å². The first-order chi connectivity index (χ1) is 61.6. The largest absolute Gasteiger partial charge is 0.468 e. The molecule has 1 saturated carbocycles. The predicted octanol–water partition coefficient (Wildman–Crippen LogP) is 6.78. The van der Waals surface area contributed by atoms with Gasteiger partial charge in [-0.25, -0.2) is 143 Å². The molecule has 4 aliphatic heterocycles. The molecule has 5 fully saturated rings. The molecule has 4 heterocycles. The second kappa shape index (κ2) is 69.6. The van der Waals surface area contributed by atoms with E-state index in [-0.39, 0.29) is 77.5 Å². The molecule has 0 bridgehead atoms. The summed E-state index contributed by atoms with van der Waals surface area (Å²) in [5, 5.41) is -4.01. The van der Waals surface area contributed by atoms with Gasteiger partial charge in [0.2, 0.25) is 100 Å². The van der Waals surface area contributed by atoms with Gasteiger partial charge in [-0.15, -0.1) is 0 Å². The summed E-state index contributed by atoms with van der Waals surface area (Å²) in [5.41, 5.74) is 0.00194. The van der Waals surface area contributed by atoms with Gasteiger partial charge in [-0.2, -0.15) is 4.31 Å². The van der Waals surface area contributed by atoms with Gasteiger partial charge < -0.3 is 19.3 Å². The number of nitrogens with one attached hydrogen (secondary N) is 7. The number of sulfonamides is 10. The average molecular weight is 2220 g/mol. The minimum Gasteiger partial charge on any atom is -0.468 e. The minimum absolute atomic E-state index is 0.00194. The quantitative estimate of drug-likeness (QED) is 0.0315. The van der Waals surface area contributed by atoms with Gasteiger partial charge in [-0.1, -0.05) is 54.9 Å². The third-order valence-corrected chi connectivity index (χ3v) is 44.1. The topological polar surface area (TPSA) is 580 Å². The van der Waals surface area contributed by atoms with Gasteiger partial charge in [0, 0.05) is 84.3 Å². The molecule has 0 spiro atoms. The summed E-state index contributed by atoms with van der Waals surface area (Å²) in [7, 11) is -30.8. The van der Waals surface area contributed by atoms with Crippen LogP contribution in [0.25, 0.3) is 0 Å². The molecule has 0 unspecified atom stereocenters. The molecule has 1 atom stereocenters. The molecule has 830 valence electrons. The summed E-state index contributed by atoms with van der Waals surface area (Å²) < 4.78 is 299. The number of sulfone groups is 2. The number of piperazine rings is 1. The lowest BCUT2D eigenvalue weighted by atomic mass is 9.98. The summed E-state index contributed by atoms with van der Waals surface area (Å²) in [4.78, 5) is 36.7. The molecule has 53 heteroatoms. The molecule has 0 amide bonds. The Morgan fingerprint density at radius 1 is 0.372 bits per heavy atom. The van der Waals surface area contributed by atoms with Crippen LogP contribution in [-0.4, -0.2) is 355 Å². The summed E-state index contributed by atoms with van der Waals surface area (Å²) in [6.07, 6.45) is 12.1. The fourth-order valence-electron chi connectivity index (χ4n) is 9.83. The molecule has 7 N–H and O–H groups in total. The van der Waals surface area contributed by atoms with E-state index in [4.69, 9.17) is 0 Å². The van der Waals surface area contributed by atoms with Crippen LogP contribution in [0.15, 0.2) is 0 Å². The second-order valence-electron chi connectivity index (χ2n) is 38.3. The average Bonchev–Trinajstić information content (AvgIpc) is 1.73. The number of likely N-dealkylation sites (tertiary alicyclic amines) is 1. The molecule has 1 aliphatic carbocycles. The molecule has 5 rings (SSSR count). The molecular formula is C84H188N12O29S12. The standard InChI is InChI=1S/C9H19NO4S.C9H19NO2S.C8H18N2O2S.C8H17NO2S.C8H19NO2S.C7H15NO2S.C7H14O2S.C6H13NO4S.C6H13NO3S.2C6H15NO2S.C4H11NO2S/c1-6(2)8(9(11)14-5)10-15(12,13)7(3)4;1-8(2)10-6-4-9(5-7-10)13(3,11)12;1-8(2)13(11,12)10-6-4-9(3)5-7-10;1-8(2)12(10,11)9-6-4-3-5-7-9;1-7(2)12(10,11)9-6-8(3,4)5;1-7(2)11(9,10)8-5-3-4-6-8;1-6(2)10(8,9)5-7-3-4-7;1-5(2)12(9,10)7-4-6(8)11-3;1-5(2)11(9,10)7-4-6(3)8;2*1-4-5-7-10(8,9)6(2)3;1-4(2)8(6,7)5-3/h6-8,10H,1-5H3;8-9H,4-7H2,1-3H3;8H,4-7H2,1-3H3;8H,3-7H2,1-2H3;7,9H,6H2,1-5H3;7H,3-6H2,1-2H3;6-7H,3-5H2,1-2H3;5,7H,4H2,1-3H3;5,7H,4H2,1-3H3;2*6-7H,4-5H2,1-3H3;4-5H,1-3H3/t8-;;;;;;;;;;;/m0.........../s1. The third kappa shape index (κ3) is 68.6. The van der Waals surface area contributed by atoms with Crippen LogP contribution in [0.1, 0.15) is 292 Å². The van der Waals surface area contributed by atoms with Crippen LogP contribution in [0.2, 0.25) is 0 Å². The van der Waals surface area contributed by atoms with E-state index in [1.807, 2.05) is 41.7 Å². The lowest BCUT2D eigenvalue weighted by Gasteiger charge is -2.33. The summed E-state index contributed by atoms with van der Waals surface area (Å²) in [6.45, 7) is 64.3. The molecule has 0 aromatic rings. The van der Waals surface area contributed by atoms with Gasteiger partial charge in [-0.3, -0.25) is 14.4 Å². The Hall–Kier alpha value is -2.47. The zero-order chi connectivity index (χ0) is 110. The first kappa shape index (κ1) is 147. The van der Waals surface area contributed by atoms with Crippen LogP contribution in [0.4, 0.5) is 0 Å². The molecule has 4 saturated heterocycles. The van der Waals surface area contributed by atoms with Crippen LogP contribution < -0.4 is 33.1 Å². The molecular weight excluding hydrogens is 2030 g/mol. The highest BCUT2D eigenvalue weighted by molar-refractivity contribution is 7.93. The van der Waals surface area contributed by atoms with Crippen molar-refractivity contribution in [2.75, 3.05) is 138 Å². The van der Waals surface area contributed by atoms with Crippen molar-refractivity contribution in [2.45, 2.75) is 367 Å². The summed E-state index contributed by atoms with van der Waals surface area (Å²) in [5.74, 6) is -0.578. The van der Waals surface area contributed by atoms with E-state index in [0.29, 0.717) is 50.4 Å². The number of hydrogen-bond acceptors (Lipinski definition) is 31. The maximum atomic E-state index is 11.7. The molecule has 0 aromatic carbocycles. The maximum Gasteiger partial charge on any atom is 0.324 e. The number of Topliss-reactive ketones (excluding diaryl/α,β-unsaturated/α-hetero) is 1. The number of esters is 2. The zero-order valence-corrected chi connectivity index (χ0v) is 99.6. The van der Waals surface area contributed by atoms with Crippen molar-refractivity contribution in [1.29, 1.82) is 0 Å². The zero-order valence-electron chi connectivity index (χ0n) is 89.8. The SMILES string of the molecule is CC(=O)CNS(=O)(=O)C(C)C.CC(C)N1CCC(S(C)(=O)=O)CC1.CC(C)S(=O)(=O)CC1CC1.CC(C)S(=O)(=O)N1CCCC1.CC(C)S(=O)(=O)N1CCCCC1.CC(C)S(=O)(=O)N1CCN(C)CC1.CC(C)S(=O)(=O)NCC(C)(C)C.CCCNS(=O)(=O)C(C)C.CCCNS(=O)(=O)C(C)C.CNS(=O)(=O)C(C)C.COC(=O)CNS(=O)(=O)C(C)C.COC(=O)[C@@H](NS(=O)(=O)C(C)C)C(C)C. The molecule has 5 aliphatic rings. The van der Waals surface area contributed by atoms with E-state index < -0.39 is 154 Å². The fraction of sp³-hybridized carbons (Fsp3) is 0.964. The summed E-state index contributed by atoms with van der Waals surface area (Å²) >= 11 is 0. The van der Waals surface area contributed by atoms with E-state index in [1.165, 1.54) is 54.7 Å². The maximum absolute atomic E-state index is 11.7. The monoisotopic (exact) mass is 2210 g/mol. The van der Waals surface area contributed by atoms with Gasteiger partial charge in [-0.05, 0) is 282 Å². The van der Waals surface area contributed by atoms with Gasteiger partial charge in [0.1, 0.15) is 28.2 Å². The number of ether oxygens (including phenoxy) is 2. The lowest BCUT2D eigenvalue weighted by molar-refractivity contribution is -0.143. The van der Waals surface area contributed by atoms with Crippen molar-refractivity contribution < 1.29 is 125 Å². The Balaban J connectivity index is -0.000000270. The number of nitrogens with zero attached hydrogens (tertiary/aromatic N) is 5. The molecule has 0 aromatic heterocycles. The van der Waals surface area contributed by atoms with Crippen LogP contribution >= 0.6 is 0 Å². The number of rotatable bonds is 37. The first-order valence-corrected chi connectivity index (χ1v) is 65.9. The molecule has 137 heavy (non-hydrogen) atoms. The van der Waals surface area contributed by atoms with E-state index in [9.17, 15) is 115 Å². The number of carbonyl (C=O) groups excluding carboxylic acids is 3. The Labute approximate surface area is 834 Å². The first-order valence-electron chi connectivity index (χ1n) is 46.9. The highest BCUT2D eigenvalue weighted by atomic mass is 32.2. The predicted molar refractivity (Wildman–Crippen MR) is 558 cm³/mol. The number of hydrogen-bond donors (Lipinski definition) is 7. The van der Waals surface area contributed by atoms with Crippen LogP contribution in [-0.2, 0) is 144 Å². The Morgan fingerprint density at radius 2 is 0.679 bits per heavy atom. The van der Waals surface area contributed by atoms with Gasteiger partial charge in [0.25, 0.3) is 0 Å². The minimum atomic E-state index is -3.45. The van der Waals surface area contributed by atoms with Crippen LogP contribution in [0.3, 0.4) is 0 Å². The van der Waals surface area contributed by atoms with Crippen molar-refractivity contribution in [3.63, 3.8) is 0 Å². The van der Waals surface area contributed by atoms with Gasteiger partial charge in [0.05, 0.1) is 89.5 Å². The number of ketones is 1. The molecule has 41 nitrogen and oxygen atoms in total. The fourth-order valence-corrected chi connectivity index (χ4v) is 21.7. The Bertz CT molecular complexity index is 4770. The van der Waals surface area contributed by atoms with Gasteiger partial charge >= 0.3 is 11.9 Å². The Morgan fingerprint density at radius 3 is 0.920 bits per heavy atom. The normalized spacial score (nSPS) is 16.6. The molecule has 0 radical (unpaired) electrons. The van der Waals surface area contributed by atoms with E-state index in [1.54, 1.807) is 165 Å². The van der Waals surface area contributed by atoms with Crippen molar-refractivity contribution in [1.82, 2.24) is 55.8 Å². The van der Waals surface area contributed by atoms with Gasteiger partial charge in [0.15, 0.2) is 9.84 Å². The highest BCUT2D eigenvalue weighted by Gasteiger charge is 2.35. The second-order valence-corrected chi connectivity index (χ2v) is 67.1. The smallest absolute Gasteiger partial charge is 0.324 e. The number of methoxy groups -OCH3 is 2. The van der Waals surface area contributed by atoms with Crippen molar-refractivity contribution >= 4 is 138 Å². The number of piperidine rings is 2. The van der Waals surface area contributed by atoms with Crippen LogP contribution in [0, 0.1) is 17.3 Å². The van der Waals surface area contributed by atoms with Crippen molar-refractivity contribution in [2.24, 2.45) is 17.3 Å². The third-order valence-electron chi connectivity index (χ3n) is 20.5. The van der Waals surface area contributed by atoms with Crippen molar-refractivity contribution in [3.8, 4) is 0 Å². The van der Waals surface area contributed by atoms with Crippen molar-refractivity contribution in [3.05, 3.63) is 0 Å². The number of carbonyl (C=O) groups is 3. The Kier molecular flexibility index (Phi) is 75.0.